The number of alkyl halides is 3. The molecule has 1 fully saturated rings. The van der Waals surface area contributed by atoms with E-state index in [1.165, 1.54) is 31.4 Å². The summed E-state index contributed by atoms with van der Waals surface area (Å²) in [5.41, 5.74) is -0.0862. The lowest BCUT2D eigenvalue weighted by atomic mass is 9.84. The zero-order chi connectivity index (χ0) is 14.8. The summed E-state index contributed by atoms with van der Waals surface area (Å²) < 4.78 is 38.7. The molecule has 1 aromatic rings. The molecule has 0 heterocycles. The van der Waals surface area contributed by atoms with Crippen molar-refractivity contribution in [3.8, 4) is 0 Å². The van der Waals surface area contributed by atoms with Gasteiger partial charge in [-0.2, -0.15) is 13.2 Å². The van der Waals surface area contributed by atoms with Crippen LogP contribution in [0, 0.1) is 5.92 Å². The van der Waals surface area contributed by atoms with Gasteiger partial charge in [0.25, 0.3) is 0 Å². The number of hydrogen-bond acceptors (Lipinski definition) is 1. The van der Waals surface area contributed by atoms with Crippen molar-refractivity contribution in [2.45, 2.75) is 51.2 Å². The summed E-state index contributed by atoms with van der Waals surface area (Å²) in [5.74, 6) is 0.557. The van der Waals surface area contributed by atoms with Crippen LogP contribution < -0.4 is 5.32 Å². The van der Waals surface area contributed by atoms with Crippen LogP contribution >= 0.6 is 15.9 Å². The SMILES string of the molecule is CC(Nc1ccc(Br)c(C(F)(F)F)c1)C1CCCCC1. The van der Waals surface area contributed by atoms with Crippen LogP contribution in [0.25, 0.3) is 0 Å². The molecule has 5 heteroatoms. The summed E-state index contributed by atoms with van der Waals surface area (Å²) >= 11 is 2.96. The number of rotatable bonds is 3. The first-order valence-electron chi connectivity index (χ1n) is 7.01. The van der Waals surface area contributed by atoms with Crippen molar-refractivity contribution in [3.63, 3.8) is 0 Å². The first-order valence-corrected chi connectivity index (χ1v) is 7.80. The summed E-state index contributed by atoms with van der Waals surface area (Å²) in [4.78, 5) is 0. The predicted molar refractivity (Wildman–Crippen MR) is 78.8 cm³/mol. The minimum atomic E-state index is -4.33. The molecule has 1 nitrogen and oxygen atoms in total. The Hall–Kier alpha value is -0.710. The van der Waals surface area contributed by atoms with Gasteiger partial charge < -0.3 is 5.32 Å². The molecule has 0 radical (unpaired) electrons. The number of halogens is 4. The molecule has 20 heavy (non-hydrogen) atoms. The van der Waals surface area contributed by atoms with Crippen LogP contribution in [0.5, 0.6) is 0 Å². The first-order chi connectivity index (χ1) is 9.38. The zero-order valence-electron chi connectivity index (χ0n) is 11.4. The second-order valence-corrected chi connectivity index (χ2v) is 6.38. The topological polar surface area (TPSA) is 12.0 Å². The third kappa shape index (κ3) is 3.90. The van der Waals surface area contributed by atoms with Crippen LogP contribution in [-0.2, 0) is 6.18 Å². The lowest BCUT2D eigenvalue weighted by Crippen LogP contribution is -2.27. The predicted octanol–water partition coefficient (Wildman–Crippen LogP) is 5.85. The van der Waals surface area contributed by atoms with E-state index in [1.54, 1.807) is 6.07 Å². The summed E-state index contributed by atoms with van der Waals surface area (Å²) in [6.45, 7) is 2.06. The Kier molecular flexibility index (Phi) is 4.99. The Morgan fingerprint density at radius 2 is 1.85 bits per heavy atom. The Bertz CT molecular complexity index is 453. The Labute approximate surface area is 126 Å². The molecule has 1 aromatic carbocycles. The molecule has 0 aliphatic heterocycles. The van der Waals surface area contributed by atoms with E-state index < -0.39 is 11.7 Å². The van der Waals surface area contributed by atoms with E-state index in [4.69, 9.17) is 0 Å². The minimum absolute atomic E-state index is 0.0841. The molecule has 1 unspecified atom stereocenters. The third-order valence-electron chi connectivity index (χ3n) is 4.02. The molecular weight excluding hydrogens is 331 g/mol. The molecule has 1 saturated carbocycles. The smallest absolute Gasteiger partial charge is 0.382 e. The molecular formula is C15H19BrF3N. The summed E-state index contributed by atoms with van der Waals surface area (Å²) in [7, 11) is 0. The highest BCUT2D eigenvalue weighted by molar-refractivity contribution is 9.10. The highest BCUT2D eigenvalue weighted by Gasteiger charge is 2.33. The maximum atomic E-state index is 12.9. The molecule has 1 aliphatic carbocycles. The van der Waals surface area contributed by atoms with E-state index in [0.717, 1.165) is 12.8 Å². The fourth-order valence-corrected chi connectivity index (χ4v) is 3.32. The standard InChI is InChI=1S/C15H19BrF3N/c1-10(11-5-3-2-4-6-11)20-12-7-8-14(16)13(9-12)15(17,18)19/h7-11,20H,2-6H2,1H3. The van der Waals surface area contributed by atoms with E-state index in [1.807, 2.05) is 0 Å². The fraction of sp³-hybridized carbons (Fsp3) is 0.600. The van der Waals surface area contributed by atoms with E-state index in [2.05, 4.69) is 28.2 Å². The van der Waals surface area contributed by atoms with Gasteiger partial charge in [0.1, 0.15) is 0 Å². The molecule has 1 N–H and O–H groups in total. The minimum Gasteiger partial charge on any atom is -0.382 e. The molecule has 1 atom stereocenters. The highest BCUT2D eigenvalue weighted by Crippen LogP contribution is 2.37. The lowest BCUT2D eigenvalue weighted by molar-refractivity contribution is -0.138. The average Bonchev–Trinajstić information content (AvgIpc) is 2.40. The second-order valence-electron chi connectivity index (χ2n) is 5.52. The highest BCUT2D eigenvalue weighted by atomic mass is 79.9. The van der Waals surface area contributed by atoms with Crippen molar-refractivity contribution in [1.29, 1.82) is 0 Å². The molecule has 0 spiro atoms. The number of anilines is 1. The maximum absolute atomic E-state index is 12.9. The zero-order valence-corrected chi connectivity index (χ0v) is 13.0. The molecule has 0 aromatic heterocycles. The van der Waals surface area contributed by atoms with Gasteiger partial charge in [-0.25, -0.2) is 0 Å². The molecule has 0 bridgehead atoms. The van der Waals surface area contributed by atoms with Gasteiger partial charge in [0.2, 0.25) is 0 Å². The van der Waals surface area contributed by atoms with Gasteiger partial charge in [-0.1, -0.05) is 35.2 Å². The van der Waals surface area contributed by atoms with Crippen LogP contribution in [0.1, 0.15) is 44.6 Å². The van der Waals surface area contributed by atoms with Crippen LogP contribution in [-0.4, -0.2) is 6.04 Å². The van der Waals surface area contributed by atoms with Crippen LogP contribution in [0.2, 0.25) is 0 Å². The van der Waals surface area contributed by atoms with Gasteiger partial charge in [0, 0.05) is 16.2 Å². The van der Waals surface area contributed by atoms with E-state index in [-0.39, 0.29) is 10.5 Å². The largest absolute Gasteiger partial charge is 0.417 e. The number of nitrogens with one attached hydrogen (secondary N) is 1. The summed E-state index contributed by atoms with van der Waals surface area (Å²) in [5, 5.41) is 3.23. The van der Waals surface area contributed by atoms with Gasteiger partial charge in [0.15, 0.2) is 0 Å². The molecule has 112 valence electrons. The van der Waals surface area contributed by atoms with E-state index >= 15 is 0 Å². The quantitative estimate of drug-likeness (QED) is 0.721. The Balaban J connectivity index is 2.09. The van der Waals surface area contributed by atoms with E-state index in [9.17, 15) is 13.2 Å². The first kappa shape index (κ1) is 15.7. The molecule has 2 rings (SSSR count). The monoisotopic (exact) mass is 349 g/mol. The van der Waals surface area contributed by atoms with E-state index in [0.29, 0.717) is 11.6 Å². The fourth-order valence-electron chi connectivity index (χ4n) is 2.85. The van der Waals surface area contributed by atoms with Crippen molar-refractivity contribution < 1.29 is 13.2 Å². The van der Waals surface area contributed by atoms with Crippen molar-refractivity contribution >= 4 is 21.6 Å². The summed E-state index contributed by atoms with van der Waals surface area (Å²) in [6, 6.07) is 4.54. The molecule has 0 amide bonds. The van der Waals surface area contributed by atoms with Gasteiger partial charge in [-0.3, -0.25) is 0 Å². The van der Waals surface area contributed by atoms with Gasteiger partial charge >= 0.3 is 6.18 Å². The van der Waals surface area contributed by atoms with Gasteiger partial charge in [-0.05, 0) is 43.9 Å². The van der Waals surface area contributed by atoms with Crippen molar-refractivity contribution in [3.05, 3.63) is 28.2 Å². The van der Waals surface area contributed by atoms with Gasteiger partial charge in [-0.15, -0.1) is 0 Å². The van der Waals surface area contributed by atoms with Crippen LogP contribution in [0.4, 0.5) is 18.9 Å². The van der Waals surface area contributed by atoms with Crippen LogP contribution in [0.15, 0.2) is 22.7 Å². The van der Waals surface area contributed by atoms with Crippen LogP contribution in [0.3, 0.4) is 0 Å². The van der Waals surface area contributed by atoms with Crippen molar-refractivity contribution in [1.82, 2.24) is 0 Å². The van der Waals surface area contributed by atoms with Crippen molar-refractivity contribution in [2.24, 2.45) is 5.92 Å². The lowest BCUT2D eigenvalue weighted by Gasteiger charge is -2.29. The normalized spacial score (nSPS) is 18.9. The summed E-state index contributed by atoms with van der Waals surface area (Å²) in [6.07, 6.45) is 1.73. The maximum Gasteiger partial charge on any atom is 0.417 e. The Morgan fingerprint density at radius 1 is 1.20 bits per heavy atom. The van der Waals surface area contributed by atoms with Crippen molar-refractivity contribution in [2.75, 3.05) is 5.32 Å². The van der Waals surface area contributed by atoms with Gasteiger partial charge in [0.05, 0.1) is 5.56 Å². The Morgan fingerprint density at radius 3 is 2.45 bits per heavy atom. The number of hydrogen-bond donors (Lipinski definition) is 1. The number of benzene rings is 1. The molecule has 0 saturated heterocycles. The average molecular weight is 350 g/mol. The second kappa shape index (κ2) is 6.37. The molecule has 1 aliphatic rings. The third-order valence-corrected chi connectivity index (χ3v) is 4.71.